The van der Waals surface area contributed by atoms with Gasteiger partial charge in [-0.3, -0.25) is 4.18 Å². The number of hydrogen-bond donors (Lipinski definition) is 0. The minimum Gasteiger partial charge on any atom is -0.467 e. The number of methoxy groups -OCH3 is 1. The summed E-state index contributed by atoms with van der Waals surface area (Å²) >= 11 is 5.82. The van der Waals surface area contributed by atoms with Gasteiger partial charge >= 0.3 is 5.97 Å². The summed E-state index contributed by atoms with van der Waals surface area (Å²) in [7, 11) is -2.92. The van der Waals surface area contributed by atoms with E-state index in [2.05, 4.69) is 4.74 Å². The molecule has 134 valence electrons. The van der Waals surface area contributed by atoms with Crippen molar-refractivity contribution in [3.63, 3.8) is 0 Å². The molecule has 0 saturated heterocycles. The first-order valence-electron chi connectivity index (χ1n) is 7.73. The molecule has 5 nitrogen and oxygen atoms in total. The van der Waals surface area contributed by atoms with Crippen molar-refractivity contribution in [1.29, 1.82) is 0 Å². The van der Waals surface area contributed by atoms with Crippen LogP contribution in [0.2, 0.25) is 5.02 Å². The zero-order valence-corrected chi connectivity index (χ0v) is 15.3. The number of esters is 1. The zero-order chi connectivity index (χ0) is 18.3. The molecule has 0 heterocycles. The largest absolute Gasteiger partial charge is 0.467 e. The van der Waals surface area contributed by atoms with E-state index < -0.39 is 22.2 Å². The summed E-state index contributed by atoms with van der Waals surface area (Å²) in [4.78, 5) is 11.8. The fourth-order valence-corrected chi connectivity index (χ4v) is 3.67. The quantitative estimate of drug-likeness (QED) is 0.515. The number of rotatable bonds is 8. The van der Waals surface area contributed by atoms with Crippen LogP contribution in [0.4, 0.5) is 0 Å². The molecular weight excluding hydrogens is 364 g/mol. The predicted molar refractivity (Wildman–Crippen MR) is 94.9 cm³/mol. The second kappa shape index (κ2) is 8.99. The highest BCUT2D eigenvalue weighted by molar-refractivity contribution is 7.86. The Kier molecular flexibility index (Phi) is 6.99. The Morgan fingerprint density at radius 1 is 1.12 bits per heavy atom. The van der Waals surface area contributed by atoms with E-state index in [4.69, 9.17) is 15.8 Å². The van der Waals surface area contributed by atoms with Gasteiger partial charge in [-0.2, -0.15) is 8.42 Å². The molecule has 2 aromatic carbocycles. The van der Waals surface area contributed by atoms with E-state index in [9.17, 15) is 13.2 Å². The molecule has 0 aliphatic heterocycles. The molecule has 2 aromatic rings. The van der Waals surface area contributed by atoms with Gasteiger partial charge < -0.3 is 4.74 Å². The maximum absolute atomic E-state index is 12.4. The second-order valence-electron chi connectivity index (χ2n) is 5.40. The monoisotopic (exact) mass is 382 g/mol. The first-order chi connectivity index (χ1) is 11.9. The minimum absolute atomic E-state index is 0.100. The highest BCUT2D eigenvalue weighted by atomic mass is 35.5. The molecule has 0 bridgehead atoms. The van der Waals surface area contributed by atoms with Crippen LogP contribution in [0, 0.1) is 0 Å². The van der Waals surface area contributed by atoms with Crippen molar-refractivity contribution in [2.45, 2.75) is 30.3 Å². The van der Waals surface area contributed by atoms with Gasteiger partial charge in [0.15, 0.2) is 6.10 Å². The average molecular weight is 383 g/mol. The third-order valence-corrected chi connectivity index (χ3v) is 5.12. The zero-order valence-electron chi connectivity index (χ0n) is 13.7. The minimum atomic E-state index is -4.12. The number of aryl methyl sites for hydroxylation is 1. The summed E-state index contributed by atoms with van der Waals surface area (Å²) in [6.45, 7) is 0. The Bertz CT molecular complexity index is 805. The molecule has 0 fully saturated rings. The van der Waals surface area contributed by atoms with Crippen molar-refractivity contribution < 1.29 is 22.1 Å². The van der Waals surface area contributed by atoms with Gasteiger partial charge in [0.2, 0.25) is 0 Å². The molecule has 1 atom stereocenters. The maximum atomic E-state index is 12.4. The molecule has 0 aliphatic rings. The summed E-state index contributed by atoms with van der Waals surface area (Å²) in [5.41, 5.74) is 1.10. The summed E-state index contributed by atoms with van der Waals surface area (Å²) < 4.78 is 34.5. The number of ether oxygens (including phenoxy) is 1. The lowest BCUT2D eigenvalue weighted by Gasteiger charge is -2.15. The number of halogens is 1. The smallest absolute Gasteiger partial charge is 0.336 e. The van der Waals surface area contributed by atoms with Crippen molar-refractivity contribution in [3.8, 4) is 0 Å². The Hall–Kier alpha value is -1.89. The normalized spacial score (nSPS) is 12.6. The van der Waals surface area contributed by atoms with E-state index in [0.29, 0.717) is 12.8 Å². The summed E-state index contributed by atoms with van der Waals surface area (Å²) in [5, 5.41) is 0.267. The molecule has 0 aromatic heterocycles. The Labute approximate surface area is 152 Å². The van der Waals surface area contributed by atoms with Gasteiger partial charge in [0.05, 0.1) is 12.0 Å². The fourth-order valence-electron chi connectivity index (χ4n) is 2.30. The summed E-state index contributed by atoms with van der Waals surface area (Å²) in [6, 6.07) is 15.4. The van der Waals surface area contributed by atoms with Crippen LogP contribution in [0.3, 0.4) is 0 Å². The van der Waals surface area contributed by atoms with Crippen LogP contribution < -0.4 is 0 Å². The molecule has 0 radical (unpaired) electrons. The number of hydrogen-bond acceptors (Lipinski definition) is 5. The molecule has 7 heteroatoms. The third-order valence-electron chi connectivity index (χ3n) is 3.57. The van der Waals surface area contributed by atoms with Gasteiger partial charge in [0.1, 0.15) is 0 Å². The second-order valence-corrected chi connectivity index (χ2v) is 7.41. The van der Waals surface area contributed by atoms with Gasteiger partial charge in [-0.15, -0.1) is 0 Å². The number of carbonyl (C=O) groups is 1. The standard InChI is InChI=1S/C18H19ClO5S/c1-23-18(20)17(12-5-9-14-7-3-2-4-8-14)24-25(21,22)16-11-6-10-15(19)13-16/h2-4,6-8,10-11,13,17H,5,9,12H2,1H3/t17-/m1/s1. The van der Waals surface area contributed by atoms with Crippen LogP contribution in [0.5, 0.6) is 0 Å². The molecule has 0 N–H and O–H groups in total. The van der Waals surface area contributed by atoms with Crippen LogP contribution in [0.1, 0.15) is 18.4 Å². The van der Waals surface area contributed by atoms with E-state index in [1.807, 2.05) is 30.3 Å². The lowest BCUT2D eigenvalue weighted by Crippen LogP contribution is -2.28. The topological polar surface area (TPSA) is 69.7 Å². The van der Waals surface area contributed by atoms with Gasteiger partial charge in [0, 0.05) is 5.02 Å². The Balaban J connectivity index is 2.05. The van der Waals surface area contributed by atoms with Gasteiger partial charge in [0.25, 0.3) is 10.1 Å². The van der Waals surface area contributed by atoms with Crippen molar-refractivity contribution in [3.05, 3.63) is 65.2 Å². The summed E-state index contributed by atoms with van der Waals surface area (Å²) in [6.07, 6.45) is 0.308. The molecule has 0 unspecified atom stereocenters. The molecule has 0 saturated carbocycles. The third kappa shape index (κ3) is 5.85. The van der Waals surface area contributed by atoms with Crippen LogP contribution in [0.15, 0.2) is 59.5 Å². The Morgan fingerprint density at radius 3 is 2.48 bits per heavy atom. The lowest BCUT2D eigenvalue weighted by atomic mass is 10.1. The van der Waals surface area contributed by atoms with Crippen LogP contribution in [-0.2, 0) is 30.3 Å². The molecule has 2 rings (SSSR count). The molecular formula is C18H19ClO5S. The van der Waals surface area contributed by atoms with E-state index in [-0.39, 0.29) is 16.3 Å². The van der Waals surface area contributed by atoms with E-state index in [0.717, 1.165) is 5.56 Å². The van der Waals surface area contributed by atoms with Crippen molar-refractivity contribution in [1.82, 2.24) is 0 Å². The van der Waals surface area contributed by atoms with Gasteiger partial charge in [-0.05, 0) is 43.0 Å². The maximum Gasteiger partial charge on any atom is 0.336 e. The highest BCUT2D eigenvalue weighted by Gasteiger charge is 2.28. The van der Waals surface area contributed by atoms with Crippen molar-refractivity contribution >= 4 is 27.7 Å². The summed E-state index contributed by atoms with van der Waals surface area (Å²) in [5.74, 6) is -0.723. The number of carbonyl (C=O) groups excluding carboxylic acids is 1. The SMILES string of the molecule is COC(=O)[C@@H](CCCc1ccccc1)OS(=O)(=O)c1cccc(Cl)c1. The number of benzene rings is 2. The van der Waals surface area contributed by atoms with Crippen molar-refractivity contribution in [2.75, 3.05) is 7.11 Å². The van der Waals surface area contributed by atoms with Crippen LogP contribution in [-0.4, -0.2) is 27.6 Å². The first kappa shape index (κ1) is 19.4. The van der Waals surface area contributed by atoms with E-state index >= 15 is 0 Å². The molecule has 0 spiro atoms. The fraction of sp³-hybridized carbons (Fsp3) is 0.278. The van der Waals surface area contributed by atoms with E-state index in [1.54, 1.807) is 6.07 Å². The highest BCUT2D eigenvalue weighted by Crippen LogP contribution is 2.21. The van der Waals surface area contributed by atoms with Crippen molar-refractivity contribution in [2.24, 2.45) is 0 Å². The van der Waals surface area contributed by atoms with Crippen LogP contribution >= 0.6 is 11.6 Å². The molecule has 0 amide bonds. The Morgan fingerprint density at radius 2 is 1.84 bits per heavy atom. The average Bonchev–Trinajstić information content (AvgIpc) is 2.61. The lowest BCUT2D eigenvalue weighted by molar-refractivity contribution is -0.149. The van der Waals surface area contributed by atoms with Gasteiger partial charge in [-0.1, -0.05) is 48.0 Å². The molecule has 25 heavy (non-hydrogen) atoms. The first-order valence-corrected chi connectivity index (χ1v) is 9.51. The predicted octanol–water partition coefficient (Wildman–Crippen LogP) is 3.61. The van der Waals surface area contributed by atoms with Gasteiger partial charge in [-0.25, -0.2) is 4.79 Å². The molecule has 0 aliphatic carbocycles. The van der Waals surface area contributed by atoms with E-state index in [1.165, 1.54) is 25.3 Å². The van der Waals surface area contributed by atoms with Crippen LogP contribution in [0.25, 0.3) is 0 Å².